The number of anilines is 5. The minimum absolute atomic E-state index is 0.0906. The number of methoxy groups -OCH3 is 1. The molecule has 2 aromatic carbocycles. The predicted octanol–water partition coefficient (Wildman–Crippen LogP) is 6.33. The van der Waals surface area contributed by atoms with Crippen LogP contribution in [0.1, 0.15) is 25.7 Å². The summed E-state index contributed by atoms with van der Waals surface area (Å²) >= 11 is 6.36. The topological polar surface area (TPSA) is 82.6 Å². The number of rotatable bonds is 7. The Hall–Kier alpha value is -2.87. The molecule has 40 heavy (non-hydrogen) atoms. The van der Waals surface area contributed by atoms with Crippen LogP contribution in [0.15, 0.2) is 42.6 Å². The largest absolute Gasteiger partial charge is 0.494 e. The Bertz CT molecular complexity index is 1420. The molecule has 3 aromatic rings. The summed E-state index contributed by atoms with van der Waals surface area (Å²) in [5.74, 6) is 0.585. The Kier molecular flexibility index (Phi) is 8.27. The maximum atomic E-state index is 14.7. The first-order chi connectivity index (χ1) is 19.1. The molecular weight excluding hydrogens is 550 g/mol. The van der Waals surface area contributed by atoms with Gasteiger partial charge in [-0.3, -0.25) is 0 Å². The Balaban J connectivity index is 1.32. The van der Waals surface area contributed by atoms with Gasteiger partial charge in [-0.15, -0.1) is 0 Å². The lowest BCUT2D eigenvalue weighted by atomic mass is 9.71. The van der Waals surface area contributed by atoms with Crippen LogP contribution in [0.25, 0.3) is 0 Å². The number of halogens is 2. The SMILES string of the molecule is COc1cc(N2CCC3(CCN(C)CC3)CC2)ccc1Nc1ncc(Cl)c(Nc2c(F)cccc2P(C)(C)=O)n1. The van der Waals surface area contributed by atoms with Gasteiger partial charge in [0, 0.05) is 30.1 Å². The van der Waals surface area contributed by atoms with Gasteiger partial charge in [-0.2, -0.15) is 4.98 Å². The number of hydrogen-bond acceptors (Lipinski definition) is 8. The molecule has 11 heteroatoms. The highest BCUT2D eigenvalue weighted by molar-refractivity contribution is 7.70. The van der Waals surface area contributed by atoms with Crippen molar-refractivity contribution < 1.29 is 13.7 Å². The van der Waals surface area contributed by atoms with Crippen molar-refractivity contribution in [3.05, 3.63) is 53.4 Å². The molecule has 0 radical (unpaired) electrons. The highest BCUT2D eigenvalue weighted by atomic mass is 35.5. The summed E-state index contributed by atoms with van der Waals surface area (Å²) in [5, 5.41) is 6.73. The van der Waals surface area contributed by atoms with Gasteiger partial charge in [-0.25, -0.2) is 9.37 Å². The van der Waals surface area contributed by atoms with Crippen molar-refractivity contribution in [3.63, 3.8) is 0 Å². The summed E-state index contributed by atoms with van der Waals surface area (Å²) in [4.78, 5) is 13.6. The van der Waals surface area contributed by atoms with E-state index in [1.807, 2.05) is 12.1 Å². The standard InChI is InChI=1S/C29H37ClFN6O2P/c1-36-14-10-29(11-15-36)12-16-37(17-13-29)20-8-9-23(24(18-20)39-2)33-28-32-19-21(30)27(35-28)34-26-22(31)6-5-7-25(26)40(3,4)38/h5-9,18-19H,10-17H2,1-4H3,(H2,32,33,34,35). The molecule has 2 N–H and O–H groups in total. The molecule has 2 fully saturated rings. The van der Waals surface area contributed by atoms with Gasteiger partial charge in [0.2, 0.25) is 5.95 Å². The maximum absolute atomic E-state index is 14.7. The van der Waals surface area contributed by atoms with E-state index in [1.54, 1.807) is 26.5 Å². The zero-order chi connectivity index (χ0) is 28.5. The average molecular weight is 587 g/mol. The van der Waals surface area contributed by atoms with E-state index >= 15 is 0 Å². The van der Waals surface area contributed by atoms with Crippen LogP contribution in [0.3, 0.4) is 0 Å². The molecule has 1 aromatic heterocycles. The molecule has 5 rings (SSSR count). The first kappa shape index (κ1) is 28.7. The van der Waals surface area contributed by atoms with E-state index in [1.165, 1.54) is 57.1 Å². The molecule has 2 aliphatic rings. The van der Waals surface area contributed by atoms with Crippen molar-refractivity contribution in [1.82, 2.24) is 14.9 Å². The molecule has 2 saturated heterocycles. The highest BCUT2D eigenvalue weighted by Gasteiger charge is 2.37. The smallest absolute Gasteiger partial charge is 0.229 e. The third-order valence-electron chi connectivity index (χ3n) is 8.23. The fourth-order valence-corrected chi connectivity index (χ4v) is 6.94. The normalized spacial score (nSPS) is 17.6. The monoisotopic (exact) mass is 586 g/mol. The minimum Gasteiger partial charge on any atom is -0.494 e. The molecule has 0 bridgehead atoms. The van der Waals surface area contributed by atoms with Gasteiger partial charge < -0.3 is 29.7 Å². The highest BCUT2D eigenvalue weighted by Crippen LogP contribution is 2.43. The molecule has 0 atom stereocenters. The van der Waals surface area contributed by atoms with Crippen molar-refractivity contribution in [3.8, 4) is 5.75 Å². The molecular formula is C29H37ClFN6O2P. The number of nitrogens with one attached hydrogen (secondary N) is 2. The number of piperidine rings is 2. The zero-order valence-electron chi connectivity index (χ0n) is 23.5. The second-order valence-corrected chi connectivity index (χ2v) is 14.9. The fourth-order valence-electron chi connectivity index (χ4n) is 5.65. The fraction of sp³-hybridized carbons (Fsp3) is 0.448. The van der Waals surface area contributed by atoms with Gasteiger partial charge >= 0.3 is 0 Å². The number of likely N-dealkylation sites (tertiary alicyclic amines) is 1. The Morgan fingerprint density at radius 2 is 1.75 bits per heavy atom. The van der Waals surface area contributed by atoms with Crippen LogP contribution in [0.4, 0.5) is 33.2 Å². The second kappa shape index (κ2) is 11.6. The Morgan fingerprint density at radius 1 is 1.05 bits per heavy atom. The summed E-state index contributed by atoms with van der Waals surface area (Å²) < 4.78 is 33.2. The Labute approximate surface area is 240 Å². The zero-order valence-corrected chi connectivity index (χ0v) is 25.2. The summed E-state index contributed by atoms with van der Waals surface area (Å²) in [5.41, 5.74) is 2.40. The molecule has 1 spiro atoms. The summed E-state index contributed by atoms with van der Waals surface area (Å²) in [6, 6.07) is 10.6. The van der Waals surface area contributed by atoms with Crippen molar-refractivity contribution in [2.75, 3.05) is 69.2 Å². The first-order valence-corrected chi connectivity index (χ1v) is 16.6. The number of ether oxygens (including phenoxy) is 1. The maximum Gasteiger partial charge on any atom is 0.229 e. The van der Waals surface area contributed by atoms with E-state index in [0.29, 0.717) is 22.2 Å². The first-order valence-electron chi connectivity index (χ1n) is 13.6. The Morgan fingerprint density at radius 3 is 2.42 bits per heavy atom. The van der Waals surface area contributed by atoms with Crippen molar-refractivity contribution in [2.24, 2.45) is 5.41 Å². The summed E-state index contributed by atoms with van der Waals surface area (Å²) in [6.45, 7) is 7.64. The van der Waals surface area contributed by atoms with Crippen LogP contribution < -0.4 is 25.6 Å². The molecule has 2 aliphatic heterocycles. The van der Waals surface area contributed by atoms with Crippen LogP contribution in [0, 0.1) is 11.2 Å². The van der Waals surface area contributed by atoms with E-state index in [-0.39, 0.29) is 22.5 Å². The van der Waals surface area contributed by atoms with Gasteiger partial charge in [0.15, 0.2) is 5.82 Å². The lowest BCUT2D eigenvalue weighted by Crippen LogP contribution is -2.46. The van der Waals surface area contributed by atoms with Crippen LogP contribution >= 0.6 is 18.7 Å². The molecule has 3 heterocycles. The summed E-state index contributed by atoms with van der Waals surface area (Å²) in [6.07, 6.45) is 6.44. The molecule has 214 valence electrons. The third kappa shape index (κ3) is 6.22. The van der Waals surface area contributed by atoms with Crippen LogP contribution in [-0.4, -0.2) is 68.5 Å². The predicted molar refractivity (Wildman–Crippen MR) is 163 cm³/mol. The number of para-hydroxylation sites is 1. The summed E-state index contributed by atoms with van der Waals surface area (Å²) in [7, 11) is 1.08. The van der Waals surface area contributed by atoms with Crippen LogP contribution in [-0.2, 0) is 4.57 Å². The average Bonchev–Trinajstić information content (AvgIpc) is 2.93. The number of nitrogens with zero attached hydrogens (tertiary/aromatic N) is 4. The molecule has 0 unspecified atom stereocenters. The van der Waals surface area contributed by atoms with E-state index in [2.05, 4.69) is 43.5 Å². The van der Waals surface area contributed by atoms with E-state index < -0.39 is 13.0 Å². The van der Waals surface area contributed by atoms with Crippen LogP contribution in [0.2, 0.25) is 5.02 Å². The van der Waals surface area contributed by atoms with Gasteiger partial charge in [-0.05, 0) is 88.8 Å². The van der Waals surface area contributed by atoms with E-state index in [4.69, 9.17) is 16.3 Å². The molecule has 0 aliphatic carbocycles. The van der Waals surface area contributed by atoms with Crippen molar-refractivity contribution >= 4 is 52.9 Å². The minimum atomic E-state index is -2.77. The number of aromatic nitrogens is 2. The lowest BCUT2D eigenvalue weighted by molar-refractivity contribution is 0.0945. The molecule has 0 saturated carbocycles. The van der Waals surface area contributed by atoms with Gasteiger partial charge in [0.1, 0.15) is 23.7 Å². The van der Waals surface area contributed by atoms with Crippen LogP contribution in [0.5, 0.6) is 5.75 Å². The number of hydrogen-bond donors (Lipinski definition) is 2. The van der Waals surface area contributed by atoms with E-state index in [0.717, 1.165) is 18.8 Å². The molecule has 8 nitrogen and oxygen atoms in total. The number of benzene rings is 2. The van der Waals surface area contributed by atoms with E-state index in [9.17, 15) is 8.96 Å². The van der Waals surface area contributed by atoms with Crippen molar-refractivity contribution in [1.29, 1.82) is 0 Å². The second-order valence-electron chi connectivity index (χ2n) is 11.3. The van der Waals surface area contributed by atoms with Crippen molar-refractivity contribution in [2.45, 2.75) is 25.7 Å². The van der Waals surface area contributed by atoms with Gasteiger partial charge in [0.05, 0.1) is 24.7 Å². The third-order valence-corrected chi connectivity index (χ3v) is 10.0. The lowest BCUT2D eigenvalue weighted by Gasteiger charge is -2.47. The molecule has 0 amide bonds. The quantitative estimate of drug-likeness (QED) is 0.311. The van der Waals surface area contributed by atoms with Gasteiger partial charge in [0.25, 0.3) is 0 Å². The van der Waals surface area contributed by atoms with Gasteiger partial charge in [-0.1, -0.05) is 17.7 Å².